The van der Waals surface area contributed by atoms with Crippen molar-refractivity contribution in [2.45, 2.75) is 5.92 Å². The fourth-order valence-corrected chi connectivity index (χ4v) is 5.89. The molecule has 0 unspecified atom stereocenters. The predicted molar refractivity (Wildman–Crippen MR) is 150 cm³/mol. The average Bonchev–Trinajstić information content (AvgIpc) is 2.93. The highest BCUT2D eigenvalue weighted by Gasteiger charge is 2.56. The average molecular weight is 517 g/mol. The lowest BCUT2D eigenvalue weighted by Gasteiger charge is -2.46. The highest BCUT2D eigenvalue weighted by atomic mass is 32.1. The zero-order chi connectivity index (χ0) is 26.9. The van der Waals surface area contributed by atoms with Gasteiger partial charge in [0, 0.05) is 36.2 Å². The van der Waals surface area contributed by atoms with Gasteiger partial charge in [0.25, 0.3) is 0 Å². The molecule has 38 heavy (non-hydrogen) atoms. The Morgan fingerprint density at radius 2 is 1.71 bits per heavy atom. The van der Waals surface area contributed by atoms with E-state index < -0.39 is 11.3 Å². The Kier molecular flexibility index (Phi) is 6.57. The maximum absolute atomic E-state index is 11.2. The molecular weight excluding hydrogens is 492 g/mol. The van der Waals surface area contributed by atoms with Crippen molar-refractivity contribution in [3.63, 3.8) is 0 Å². The molecule has 1 heterocycles. The largest absolute Gasteiger partial charge is 0.508 e. The zero-order valence-corrected chi connectivity index (χ0v) is 21.5. The first-order chi connectivity index (χ1) is 18.4. The third-order valence-corrected chi connectivity index (χ3v) is 7.53. The van der Waals surface area contributed by atoms with Crippen molar-refractivity contribution in [2.75, 3.05) is 25.5 Å². The van der Waals surface area contributed by atoms with Gasteiger partial charge in [0.2, 0.25) is 0 Å². The number of para-hydroxylation sites is 1. The van der Waals surface area contributed by atoms with Gasteiger partial charge in [-0.05, 0) is 53.8 Å². The van der Waals surface area contributed by atoms with Gasteiger partial charge in [0.1, 0.15) is 11.8 Å². The van der Waals surface area contributed by atoms with Crippen molar-refractivity contribution in [1.29, 1.82) is 15.8 Å². The van der Waals surface area contributed by atoms with E-state index in [0.717, 1.165) is 22.0 Å². The molecule has 7 nitrogen and oxygen atoms in total. The van der Waals surface area contributed by atoms with Crippen molar-refractivity contribution in [2.24, 2.45) is 11.3 Å². The summed E-state index contributed by atoms with van der Waals surface area (Å²) in [6.45, 7) is 1.12. The van der Waals surface area contributed by atoms with Crippen molar-refractivity contribution in [1.82, 2.24) is 10.2 Å². The minimum Gasteiger partial charge on any atom is -0.508 e. The lowest BCUT2D eigenvalue weighted by atomic mass is 9.57. The summed E-state index contributed by atoms with van der Waals surface area (Å²) in [7, 11) is 1.95. The summed E-state index contributed by atoms with van der Waals surface area (Å²) in [4.78, 5) is 2.08. The van der Waals surface area contributed by atoms with E-state index in [-0.39, 0.29) is 28.0 Å². The van der Waals surface area contributed by atoms with Gasteiger partial charge in [-0.15, -0.1) is 0 Å². The second-order valence-corrected chi connectivity index (χ2v) is 9.93. The zero-order valence-electron chi connectivity index (χ0n) is 20.6. The third kappa shape index (κ3) is 4.05. The number of anilines is 1. The molecule has 3 aromatic rings. The monoisotopic (exact) mass is 516 g/mol. The van der Waals surface area contributed by atoms with Gasteiger partial charge >= 0.3 is 0 Å². The molecule has 1 aliphatic carbocycles. The molecule has 0 aromatic heterocycles. The van der Waals surface area contributed by atoms with Crippen LogP contribution in [0.2, 0.25) is 0 Å². The van der Waals surface area contributed by atoms with Gasteiger partial charge in [-0.2, -0.15) is 15.8 Å². The predicted octanol–water partition coefficient (Wildman–Crippen LogP) is 4.93. The fraction of sp³-hybridized carbons (Fsp3) is 0.200. The number of nitrogens with zero attached hydrogens (tertiary/aromatic N) is 4. The summed E-state index contributed by atoms with van der Waals surface area (Å²) in [5.41, 5.74) is 0.501. The number of fused-ring (bicyclic) bond motifs is 2. The number of hydrogen-bond acceptors (Lipinski definition) is 6. The molecule has 1 aliphatic heterocycles. The summed E-state index contributed by atoms with van der Waals surface area (Å²) >= 11 is 5.58. The fourth-order valence-electron chi connectivity index (χ4n) is 5.67. The van der Waals surface area contributed by atoms with E-state index >= 15 is 0 Å². The first kappa shape index (κ1) is 25.0. The Morgan fingerprint density at radius 3 is 2.42 bits per heavy atom. The Labute approximate surface area is 226 Å². The molecular formula is C30H24N6OS. The van der Waals surface area contributed by atoms with Gasteiger partial charge in [-0.25, -0.2) is 0 Å². The first-order valence-electron chi connectivity index (χ1n) is 12.1. The van der Waals surface area contributed by atoms with Crippen LogP contribution in [0.15, 0.2) is 89.6 Å². The van der Waals surface area contributed by atoms with E-state index in [4.69, 9.17) is 12.2 Å². The number of benzene rings is 3. The van der Waals surface area contributed by atoms with Crippen molar-refractivity contribution in [3.8, 4) is 24.0 Å². The Balaban J connectivity index is 1.76. The smallest absolute Gasteiger partial charge is 0.192 e. The summed E-state index contributed by atoms with van der Waals surface area (Å²) in [5, 5.41) is 51.0. The highest BCUT2D eigenvalue weighted by Crippen LogP contribution is 2.57. The number of allylic oxidation sites excluding steroid dienone is 2. The van der Waals surface area contributed by atoms with Crippen LogP contribution in [-0.2, 0) is 0 Å². The maximum atomic E-state index is 11.2. The second-order valence-electron chi connectivity index (χ2n) is 9.52. The van der Waals surface area contributed by atoms with Crippen LogP contribution in [0.1, 0.15) is 11.5 Å². The molecule has 0 saturated carbocycles. The van der Waals surface area contributed by atoms with E-state index in [9.17, 15) is 20.9 Å². The Morgan fingerprint density at radius 1 is 1.00 bits per heavy atom. The van der Waals surface area contributed by atoms with E-state index in [1.807, 2.05) is 73.8 Å². The van der Waals surface area contributed by atoms with Crippen LogP contribution in [0, 0.1) is 45.3 Å². The standard InChI is InChI=1S/C30H24N6OS/c1-36-14-13-22-23(15-31)28(35-29(38)34-20-8-3-2-4-9-20)30(17-32,18-33)27(24(22)16-36)26-21-10-6-5-7-19(21)11-12-25(26)37/h2-13,24,27,37H,14,16H2,1H3,(H2,34,35,38)/t24-,27-/m0/s1. The highest BCUT2D eigenvalue weighted by molar-refractivity contribution is 7.80. The number of hydrogen-bond donors (Lipinski definition) is 3. The molecule has 0 spiro atoms. The molecule has 0 amide bonds. The molecule has 0 saturated heterocycles. The summed E-state index contributed by atoms with van der Waals surface area (Å²) in [5.74, 6) is -1.17. The van der Waals surface area contributed by atoms with Crippen LogP contribution in [0.3, 0.4) is 0 Å². The molecule has 0 fully saturated rings. The number of aromatic hydroxyl groups is 1. The van der Waals surface area contributed by atoms with Crippen LogP contribution in [-0.4, -0.2) is 35.3 Å². The topological polar surface area (TPSA) is 119 Å². The molecule has 3 N–H and O–H groups in total. The third-order valence-electron chi connectivity index (χ3n) is 7.33. The number of phenols is 1. The minimum absolute atomic E-state index is 0.000830. The van der Waals surface area contributed by atoms with E-state index in [1.165, 1.54) is 0 Å². The number of nitriles is 3. The van der Waals surface area contributed by atoms with Crippen LogP contribution in [0.4, 0.5) is 5.69 Å². The summed E-state index contributed by atoms with van der Waals surface area (Å²) < 4.78 is 0. The van der Waals surface area contributed by atoms with Crippen molar-refractivity contribution >= 4 is 33.8 Å². The molecule has 0 radical (unpaired) electrons. The molecule has 2 aliphatic rings. The van der Waals surface area contributed by atoms with E-state index in [1.54, 1.807) is 6.07 Å². The SMILES string of the molecule is CN1CC=C2C(C#N)=C(NC(=S)Nc3ccccc3)C(C#N)(C#N)[C@H](c3c(O)ccc4ccccc34)[C@H]2C1. The van der Waals surface area contributed by atoms with Gasteiger partial charge in [-0.1, -0.05) is 54.6 Å². The van der Waals surface area contributed by atoms with Crippen molar-refractivity contribution < 1.29 is 5.11 Å². The minimum atomic E-state index is -1.84. The Hall–Kier alpha value is -4.68. The van der Waals surface area contributed by atoms with Crippen molar-refractivity contribution in [3.05, 3.63) is 95.2 Å². The lowest BCUT2D eigenvalue weighted by molar-refractivity contribution is 0.234. The van der Waals surface area contributed by atoms with E-state index in [2.05, 4.69) is 33.7 Å². The number of thiocarbonyl (C=S) groups is 1. The quantitative estimate of drug-likeness (QED) is 0.420. The van der Waals surface area contributed by atoms with Crippen LogP contribution in [0.5, 0.6) is 5.75 Å². The number of phenolic OH excluding ortho intramolecular Hbond substituents is 1. The number of rotatable bonds is 3. The molecule has 2 atom stereocenters. The van der Waals surface area contributed by atoms with Gasteiger partial charge in [-0.3, -0.25) is 0 Å². The van der Waals surface area contributed by atoms with Gasteiger partial charge in [0.15, 0.2) is 10.5 Å². The Bertz CT molecular complexity index is 1610. The van der Waals surface area contributed by atoms with Crippen LogP contribution < -0.4 is 10.6 Å². The number of likely N-dealkylation sites (N-methyl/N-ethyl adjacent to an activating group) is 1. The number of nitrogens with one attached hydrogen (secondary N) is 2. The molecule has 5 rings (SSSR count). The van der Waals surface area contributed by atoms with Gasteiger partial charge < -0.3 is 20.6 Å². The van der Waals surface area contributed by atoms with Gasteiger partial charge in [0.05, 0.1) is 23.4 Å². The molecule has 3 aromatic carbocycles. The normalized spacial score (nSPS) is 20.3. The molecule has 186 valence electrons. The molecule has 8 heteroatoms. The maximum Gasteiger partial charge on any atom is 0.192 e. The second kappa shape index (κ2) is 10.00. The summed E-state index contributed by atoms with van der Waals surface area (Å²) in [6, 6.07) is 27.1. The van der Waals surface area contributed by atoms with Crippen LogP contribution >= 0.6 is 12.2 Å². The van der Waals surface area contributed by atoms with Crippen LogP contribution in [0.25, 0.3) is 10.8 Å². The first-order valence-corrected chi connectivity index (χ1v) is 12.5. The van der Waals surface area contributed by atoms with E-state index in [0.29, 0.717) is 18.7 Å². The lowest BCUT2D eigenvalue weighted by Crippen LogP contribution is -2.49. The summed E-state index contributed by atoms with van der Waals surface area (Å²) in [6.07, 6.45) is 1.97. The molecule has 0 bridgehead atoms.